The lowest BCUT2D eigenvalue weighted by atomic mass is 10.2. The molecule has 11 nitrogen and oxygen atoms in total. The van der Waals surface area contributed by atoms with Gasteiger partial charge in [0, 0.05) is 53.8 Å². The summed E-state index contributed by atoms with van der Waals surface area (Å²) in [7, 11) is 4.84. The predicted octanol–water partition coefficient (Wildman–Crippen LogP) is 5.66. The standard InChI is InChI=1S/C34H42F3N4O5S3.C2HF3O2/c1-41(2,3)16-6-14-39(15-7-17-42)49(43,44)28-19-30(36)29(31(37)20-28)23-48-34-38-21-26(40(34)25-10-8-24(35)9-11-25)22-47-27-12-13-32(45-4)33(18-27)46-5;3-2(4,5)1(6)7/h8-13,18-21,42H,6-7,14-17,22-23H2,1-5H3;(H,6,7)/q+1;/p-1. The van der Waals surface area contributed by atoms with Crippen molar-refractivity contribution in [3.8, 4) is 17.2 Å². The van der Waals surface area contributed by atoms with Crippen LogP contribution in [0.5, 0.6) is 11.5 Å². The Labute approximate surface area is 329 Å². The second-order valence-electron chi connectivity index (χ2n) is 12.9. The van der Waals surface area contributed by atoms with Gasteiger partial charge in [0.25, 0.3) is 0 Å². The third kappa shape index (κ3) is 13.3. The van der Waals surface area contributed by atoms with Crippen molar-refractivity contribution in [3.63, 3.8) is 0 Å². The molecule has 0 radical (unpaired) electrons. The molecule has 0 unspecified atom stereocenters. The van der Waals surface area contributed by atoms with Gasteiger partial charge in [0.1, 0.15) is 23.4 Å². The van der Waals surface area contributed by atoms with E-state index in [1.165, 1.54) is 28.2 Å². The molecule has 1 aromatic heterocycles. The van der Waals surface area contributed by atoms with E-state index in [4.69, 9.17) is 19.4 Å². The Bertz CT molecular complexity index is 2000. The lowest BCUT2D eigenvalue weighted by molar-refractivity contribution is -0.870. The fourth-order valence-electron chi connectivity index (χ4n) is 4.97. The summed E-state index contributed by atoms with van der Waals surface area (Å²) < 4.78 is 118. The number of hydrogen-bond donors (Lipinski definition) is 1. The number of carboxylic acid groups (broad SMARTS) is 1. The Kier molecular flexibility index (Phi) is 17.0. The van der Waals surface area contributed by atoms with E-state index in [0.717, 1.165) is 34.5 Å². The van der Waals surface area contributed by atoms with E-state index in [1.54, 1.807) is 43.2 Å². The van der Waals surface area contributed by atoms with Crippen molar-refractivity contribution in [2.45, 2.75) is 45.5 Å². The molecule has 0 amide bonds. The van der Waals surface area contributed by atoms with Gasteiger partial charge >= 0.3 is 6.18 Å². The van der Waals surface area contributed by atoms with Gasteiger partial charge in [0.05, 0.1) is 58.7 Å². The van der Waals surface area contributed by atoms with Crippen LogP contribution in [-0.2, 0) is 26.3 Å². The molecule has 0 spiro atoms. The van der Waals surface area contributed by atoms with Crippen molar-refractivity contribution in [2.75, 3.05) is 61.6 Å². The molecule has 56 heavy (non-hydrogen) atoms. The summed E-state index contributed by atoms with van der Waals surface area (Å²) in [6.07, 6.45) is -2.82. The number of thioether (sulfide) groups is 2. The zero-order valence-corrected chi connectivity index (χ0v) is 33.6. The van der Waals surface area contributed by atoms with Crippen LogP contribution in [0.1, 0.15) is 24.1 Å². The van der Waals surface area contributed by atoms with Gasteiger partial charge in [-0.25, -0.2) is 26.6 Å². The van der Waals surface area contributed by atoms with Gasteiger partial charge in [0.15, 0.2) is 16.7 Å². The maximum absolute atomic E-state index is 15.5. The number of carbonyl (C=O) groups is 1. The third-order valence-corrected chi connectivity index (χ3v) is 11.6. The molecule has 0 aliphatic rings. The summed E-state index contributed by atoms with van der Waals surface area (Å²) in [5.41, 5.74) is 1.07. The first-order valence-electron chi connectivity index (χ1n) is 16.7. The van der Waals surface area contributed by atoms with Crippen LogP contribution >= 0.6 is 23.5 Å². The van der Waals surface area contributed by atoms with Gasteiger partial charge in [0.2, 0.25) is 10.0 Å². The zero-order chi connectivity index (χ0) is 41.8. The van der Waals surface area contributed by atoms with E-state index in [2.05, 4.69) is 4.98 Å². The van der Waals surface area contributed by atoms with Crippen molar-refractivity contribution in [1.82, 2.24) is 13.9 Å². The first-order chi connectivity index (χ1) is 26.2. The number of benzene rings is 3. The number of aromatic nitrogens is 2. The number of rotatable bonds is 18. The fourth-order valence-corrected chi connectivity index (χ4v) is 8.42. The van der Waals surface area contributed by atoms with E-state index >= 15 is 8.78 Å². The van der Waals surface area contributed by atoms with Crippen molar-refractivity contribution >= 4 is 39.5 Å². The number of nitrogens with zero attached hydrogens (tertiary/aromatic N) is 4. The highest BCUT2D eigenvalue weighted by Crippen LogP contribution is 2.35. The highest BCUT2D eigenvalue weighted by Gasteiger charge is 2.29. The van der Waals surface area contributed by atoms with E-state index in [1.807, 2.05) is 33.3 Å². The zero-order valence-electron chi connectivity index (χ0n) is 31.1. The number of sulfonamides is 1. The lowest BCUT2D eigenvalue weighted by Crippen LogP contribution is -2.39. The highest BCUT2D eigenvalue weighted by molar-refractivity contribution is 7.98. The minimum absolute atomic E-state index is 0.0233. The molecule has 0 atom stereocenters. The van der Waals surface area contributed by atoms with Crippen molar-refractivity contribution in [3.05, 3.63) is 89.5 Å². The van der Waals surface area contributed by atoms with Gasteiger partial charge in [-0.1, -0.05) is 11.8 Å². The first-order valence-corrected chi connectivity index (χ1v) is 20.1. The molecule has 0 fully saturated rings. The maximum Gasteiger partial charge on any atom is 0.430 e. The normalized spacial score (nSPS) is 12.0. The number of halogens is 6. The Hall–Kier alpha value is -3.95. The largest absolute Gasteiger partial charge is 0.542 e. The van der Waals surface area contributed by atoms with Gasteiger partial charge in [-0.3, -0.25) is 4.57 Å². The molecule has 0 saturated carbocycles. The Morgan fingerprint density at radius 2 is 1.50 bits per heavy atom. The molecule has 20 heteroatoms. The van der Waals surface area contributed by atoms with Crippen LogP contribution in [0.25, 0.3) is 5.69 Å². The number of hydrogen-bond acceptors (Lipinski definition) is 10. The van der Waals surface area contributed by atoms with E-state index in [0.29, 0.717) is 45.5 Å². The average molecular weight is 853 g/mol. The number of ether oxygens (including phenoxy) is 2. The molecule has 0 aliphatic carbocycles. The SMILES string of the molecule is COc1ccc(SCc2cnc(SCc3c(F)cc(S(=O)(=O)N(CCCO)CCC[N+](C)(C)C)cc3F)n2-c2ccc(F)cc2)cc1OC.O=C([O-])C(F)(F)F. The topological polar surface area (TPSA) is 134 Å². The number of aliphatic carboxylic acids is 1. The van der Waals surface area contributed by atoms with Crippen molar-refractivity contribution in [1.29, 1.82) is 0 Å². The number of aliphatic hydroxyl groups excluding tert-OH is 1. The maximum atomic E-state index is 15.5. The second kappa shape index (κ2) is 20.5. The lowest BCUT2D eigenvalue weighted by Gasteiger charge is -2.27. The summed E-state index contributed by atoms with van der Waals surface area (Å²) >= 11 is 2.58. The Balaban J connectivity index is 0.00000109. The van der Waals surface area contributed by atoms with E-state index in [9.17, 15) is 31.1 Å². The molecular formula is C36H42F6N4O7S3. The smallest absolute Gasteiger partial charge is 0.430 e. The Morgan fingerprint density at radius 3 is 2.04 bits per heavy atom. The molecule has 4 rings (SSSR count). The van der Waals surface area contributed by atoms with Crippen LogP contribution in [0.3, 0.4) is 0 Å². The van der Waals surface area contributed by atoms with Gasteiger partial charge in [-0.2, -0.15) is 17.5 Å². The van der Waals surface area contributed by atoms with Crippen molar-refractivity contribution < 1.29 is 63.7 Å². The summed E-state index contributed by atoms with van der Waals surface area (Å²) in [6, 6.07) is 13.1. The minimum Gasteiger partial charge on any atom is -0.542 e. The molecule has 0 saturated heterocycles. The number of alkyl halides is 3. The third-order valence-electron chi connectivity index (χ3n) is 7.76. The quantitative estimate of drug-likeness (QED) is 0.0760. The number of imidazole rings is 1. The second-order valence-corrected chi connectivity index (χ2v) is 16.9. The predicted molar refractivity (Wildman–Crippen MR) is 198 cm³/mol. The monoisotopic (exact) mass is 852 g/mol. The molecule has 3 aromatic carbocycles. The molecule has 1 heterocycles. The molecule has 0 aliphatic heterocycles. The summed E-state index contributed by atoms with van der Waals surface area (Å²) in [6.45, 7) is 0.645. The van der Waals surface area contributed by atoms with Crippen LogP contribution in [-0.4, -0.2) is 106 Å². The summed E-state index contributed by atoms with van der Waals surface area (Å²) in [5.74, 6) is -3.97. The van der Waals surface area contributed by atoms with Crippen LogP contribution in [0.4, 0.5) is 26.3 Å². The number of carboxylic acids is 1. The summed E-state index contributed by atoms with van der Waals surface area (Å²) in [5, 5.41) is 18.5. The van der Waals surface area contributed by atoms with Gasteiger partial charge < -0.3 is 29.0 Å². The molecular weight excluding hydrogens is 811 g/mol. The molecule has 4 aromatic rings. The average Bonchev–Trinajstić information content (AvgIpc) is 3.53. The number of aliphatic hydroxyl groups is 1. The fraction of sp³-hybridized carbons (Fsp3) is 0.389. The van der Waals surface area contributed by atoms with E-state index < -0.39 is 44.5 Å². The van der Waals surface area contributed by atoms with Crippen molar-refractivity contribution in [2.24, 2.45) is 0 Å². The van der Waals surface area contributed by atoms with Crippen LogP contribution < -0.4 is 14.6 Å². The van der Waals surface area contributed by atoms with Gasteiger partial charge in [-0.15, -0.1) is 11.8 Å². The Morgan fingerprint density at radius 1 is 0.911 bits per heavy atom. The van der Waals surface area contributed by atoms with E-state index in [-0.39, 0.29) is 37.4 Å². The number of carbonyl (C=O) groups excluding carboxylic acids is 1. The summed E-state index contributed by atoms with van der Waals surface area (Å²) in [4.78, 5) is 13.7. The minimum atomic E-state index is -5.19. The number of quaternary nitrogens is 1. The number of methoxy groups -OCH3 is 2. The van der Waals surface area contributed by atoms with Gasteiger partial charge in [-0.05, 0) is 61.0 Å². The first kappa shape index (κ1) is 46.4. The molecule has 0 bridgehead atoms. The molecule has 308 valence electrons. The molecule has 1 N–H and O–H groups in total. The van der Waals surface area contributed by atoms with Crippen LogP contribution in [0.2, 0.25) is 0 Å². The van der Waals surface area contributed by atoms with Crippen LogP contribution in [0, 0.1) is 17.5 Å². The highest BCUT2D eigenvalue weighted by atomic mass is 32.2. The van der Waals surface area contributed by atoms with Crippen LogP contribution in [0.15, 0.2) is 75.7 Å².